The van der Waals surface area contributed by atoms with Gasteiger partial charge < -0.3 is 9.64 Å². The van der Waals surface area contributed by atoms with Crippen molar-refractivity contribution in [2.45, 2.75) is 20.3 Å². The minimum atomic E-state index is -0.250. The fourth-order valence-corrected chi connectivity index (χ4v) is 2.20. The molecular weight excluding hydrogens is 326 g/mol. The van der Waals surface area contributed by atoms with Gasteiger partial charge >= 0.3 is 0 Å². The van der Waals surface area contributed by atoms with Crippen LogP contribution >= 0.6 is 0 Å². The molecule has 0 heterocycles. The van der Waals surface area contributed by atoms with E-state index in [4.69, 9.17) is 4.74 Å². The summed E-state index contributed by atoms with van der Waals surface area (Å²) >= 11 is 0. The molecule has 0 atom stereocenters. The van der Waals surface area contributed by atoms with E-state index in [2.05, 4.69) is 24.4 Å². The van der Waals surface area contributed by atoms with E-state index >= 15 is 0 Å². The van der Waals surface area contributed by atoms with Crippen molar-refractivity contribution in [3.63, 3.8) is 0 Å². The van der Waals surface area contributed by atoms with Gasteiger partial charge in [0, 0.05) is 25.3 Å². The summed E-state index contributed by atoms with van der Waals surface area (Å²) in [6.07, 6.45) is 2.63. The summed E-state index contributed by atoms with van der Waals surface area (Å²) in [7, 11) is 3.98. The van der Waals surface area contributed by atoms with E-state index in [1.807, 2.05) is 43.3 Å². The van der Waals surface area contributed by atoms with Crippen LogP contribution in [0, 0.1) is 5.92 Å². The minimum Gasteiger partial charge on any atom is -0.494 e. The zero-order chi connectivity index (χ0) is 18.9. The zero-order valence-electron chi connectivity index (χ0n) is 15.9. The van der Waals surface area contributed by atoms with Crippen molar-refractivity contribution in [2.75, 3.05) is 25.6 Å². The second kappa shape index (κ2) is 9.61. The third-order valence-corrected chi connectivity index (χ3v) is 3.87. The van der Waals surface area contributed by atoms with E-state index in [1.165, 1.54) is 0 Å². The minimum absolute atomic E-state index is 0.250. The van der Waals surface area contributed by atoms with Gasteiger partial charge in [0.15, 0.2) is 0 Å². The van der Waals surface area contributed by atoms with Gasteiger partial charge in [0.25, 0.3) is 5.91 Å². The maximum absolute atomic E-state index is 12.1. The van der Waals surface area contributed by atoms with Gasteiger partial charge in [0.05, 0.1) is 12.8 Å². The van der Waals surface area contributed by atoms with Crippen LogP contribution in [0.4, 0.5) is 5.69 Å². The lowest BCUT2D eigenvalue weighted by atomic mass is 10.1. The largest absolute Gasteiger partial charge is 0.494 e. The summed E-state index contributed by atoms with van der Waals surface area (Å²) in [4.78, 5) is 14.1. The highest BCUT2D eigenvalue weighted by Crippen LogP contribution is 2.14. The fourth-order valence-electron chi connectivity index (χ4n) is 2.20. The highest BCUT2D eigenvalue weighted by Gasteiger charge is 2.04. The molecule has 0 saturated heterocycles. The van der Waals surface area contributed by atoms with Crippen molar-refractivity contribution < 1.29 is 9.53 Å². The first-order valence-corrected chi connectivity index (χ1v) is 8.79. The van der Waals surface area contributed by atoms with Crippen molar-refractivity contribution >= 4 is 17.8 Å². The number of benzene rings is 2. The van der Waals surface area contributed by atoms with Crippen LogP contribution in [0.1, 0.15) is 36.2 Å². The molecule has 5 heteroatoms. The van der Waals surface area contributed by atoms with Gasteiger partial charge in [0.2, 0.25) is 0 Å². The van der Waals surface area contributed by atoms with E-state index in [1.54, 1.807) is 30.5 Å². The Morgan fingerprint density at radius 3 is 2.35 bits per heavy atom. The lowest BCUT2D eigenvalue weighted by molar-refractivity contribution is 0.0955. The van der Waals surface area contributed by atoms with Crippen LogP contribution in [0.15, 0.2) is 53.6 Å². The first-order valence-electron chi connectivity index (χ1n) is 8.79. The first kappa shape index (κ1) is 19.5. The topological polar surface area (TPSA) is 53.9 Å². The lowest BCUT2D eigenvalue weighted by Gasteiger charge is -2.11. The van der Waals surface area contributed by atoms with Gasteiger partial charge in [-0.05, 0) is 54.3 Å². The van der Waals surface area contributed by atoms with Crippen LogP contribution in [0.3, 0.4) is 0 Å². The summed E-state index contributed by atoms with van der Waals surface area (Å²) in [6.45, 7) is 5.00. The summed E-state index contributed by atoms with van der Waals surface area (Å²) in [5.41, 5.74) is 5.12. The average Bonchev–Trinajstić information content (AvgIpc) is 2.62. The third-order valence-electron chi connectivity index (χ3n) is 3.87. The molecule has 0 aliphatic heterocycles. The molecular formula is C21H27N3O2. The van der Waals surface area contributed by atoms with E-state index < -0.39 is 0 Å². The SMILES string of the molecule is CC(C)CCOc1ccc(C(=O)NN=Cc2ccc(N(C)C)cc2)cc1. The molecule has 2 aromatic rings. The van der Waals surface area contributed by atoms with Crippen molar-refractivity contribution in [3.05, 3.63) is 59.7 Å². The van der Waals surface area contributed by atoms with Gasteiger partial charge in [-0.3, -0.25) is 4.79 Å². The van der Waals surface area contributed by atoms with Gasteiger partial charge in [-0.2, -0.15) is 5.10 Å². The van der Waals surface area contributed by atoms with E-state index in [0.29, 0.717) is 18.1 Å². The number of amides is 1. The van der Waals surface area contributed by atoms with Gasteiger partial charge in [-0.1, -0.05) is 26.0 Å². The molecule has 0 spiro atoms. The smallest absolute Gasteiger partial charge is 0.271 e. The number of anilines is 1. The van der Waals surface area contributed by atoms with Gasteiger partial charge in [-0.25, -0.2) is 5.43 Å². The summed E-state index contributed by atoms with van der Waals surface area (Å²) < 4.78 is 5.65. The van der Waals surface area contributed by atoms with E-state index in [-0.39, 0.29) is 5.91 Å². The number of nitrogens with one attached hydrogen (secondary N) is 1. The molecule has 1 amide bonds. The van der Waals surface area contributed by atoms with Gasteiger partial charge in [-0.15, -0.1) is 0 Å². The number of hydrogen-bond acceptors (Lipinski definition) is 4. The Hall–Kier alpha value is -2.82. The molecule has 0 unspecified atom stereocenters. The van der Waals surface area contributed by atoms with Crippen molar-refractivity contribution in [1.29, 1.82) is 0 Å². The van der Waals surface area contributed by atoms with Crippen molar-refractivity contribution in [3.8, 4) is 5.75 Å². The van der Waals surface area contributed by atoms with Crippen LogP contribution in [0.5, 0.6) is 5.75 Å². The van der Waals surface area contributed by atoms with Crippen LogP contribution in [0.25, 0.3) is 0 Å². The summed E-state index contributed by atoms with van der Waals surface area (Å²) in [5, 5.41) is 4.01. The molecule has 138 valence electrons. The molecule has 2 rings (SSSR count). The summed E-state index contributed by atoms with van der Waals surface area (Å²) in [5.74, 6) is 1.13. The van der Waals surface area contributed by atoms with E-state index in [9.17, 15) is 4.79 Å². The molecule has 0 radical (unpaired) electrons. The van der Waals surface area contributed by atoms with Gasteiger partial charge in [0.1, 0.15) is 5.75 Å². The molecule has 5 nitrogen and oxygen atoms in total. The van der Waals surface area contributed by atoms with Crippen molar-refractivity contribution in [1.82, 2.24) is 5.43 Å². The Balaban J connectivity index is 1.85. The van der Waals surface area contributed by atoms with Crippen LogP contribution in [0.2, 0.25) is 0 Å². The Bertz CT molecular complexity index is 720. The fraction of sp³-hybridized carbons (Fsp3) is 0.333. The quantitative estimate of drug-likeness (QED) is 0.578. The lowest BCUT2D eigenvalue weighted by Crippen LogP contribution is -2.17. The zero-order valence-corrected chi connectivity index (χ0v) is 15.9. The molecule has 0 aliphatic rings. The van der Waals surface area contributed by atoms with E-state index in [0.717, 1.165) is 23.4 Å². The molecule has 0 aromatic heterocycles. The molecule has 26 heavy (non-hydrogen) atoms. The molecule has 0 aliphatic carbocycles. The van der Waals surface area contributed by atoms with Crippen LogP contribution in [-0.2, 0) is 0 Å². The Morgan fingerprint density at radius 2 is 1.77 bits per heavy atom. The monoisotopic (exact) mass is 353 g/mol. The first-order chi connectivity index (χ1) is 12.5. The molecule has 0 fully saturated rings. The molecule has 1 N–H and O–H groups in total. The van der Waals surface area contributed by atoms with Crippen LogP contribution < -0.4 is 15.1 Å². The Kier molecular flexibility index (Phi) is 7.21. The number of nitrogens with zero attached hydrogens (tertiary/aromatic N) is 2. The average molecular weight is 353 g/mol. The maximum Gasteiger partial charge on any atom is 0.271 e. The number of ether oxygens (including phenoxy) is 1. The molecule has 0 bridgehead atoms. The summed E-state index contributed by atoms with van der Waals surface area (Å²) in [6, 6.07) is 15.0. The highest BCUT2D eigenvalue weighted by molar-refractivity contribution is 5.95. The van der Waals surface area contributed by atoms with Crippen molar-refractivity contribution in [2.24, 2.45) is 11.0 Å². The van der Waals surface area contributed by atoms with Crippen LogP contribution in [-0.4, -0.2) is 32.8 Å². The molecule has 0 saturated carbocycles. The predicted octanol–water partition coefficient (Wildman–Crippen LogP) is 3.94. The highest BCUT2D eigenvalue weighted by atomic mass is 16.5. The predicted molar refractivity (Wildman–Crippen MR) is 107 cm³/mol. The number of hydrogen-bond donors (Lipinski definition) is 1. The number of carbonyl (C=O) groups excluding carboxylic acids is 1. The Labute approximate surface area is 155 Å². The number of hydrazone groups is 1. The maximum atomic E-state index is 12.1. The number of rotatable bonds is 8. The standard InChI is InChI=1S/C21H27N3O2/c1-16(2)13-14-26-20-11-7-18(8-12-20)21(25)23-22-15-17-5-9-19(10-6-17)24(3)4/h5-12,15-16H,13-14H2,1-4H3,(H,23,25). The normalized spacial score (nSPS) is 11.0. The molecule has 2 aromatic carbocycles. The third kappa shape index (κ3) is 6.24. The second-order valence-corrected chi connectivity index (χ2v) is 6.74. The number of carbonyl (C=O) groups is 1. The second-order valence-electron chi connectivity index (χ2n) is 6.74. The Morgan fingerprint density at radius 1 is 1.12 bits per heavy atom.